The number of fused-ring (bicyclic) bond motifs is 2. The van der Waals surface area contributed by atoms with Crippen molar-refractivity contribution in [3.05, 3.63) is 23.3 Å². The molecule has 4 bridgehead atoms. The van der Waals surface area contributed by atoms with Crippen LogP contribution < -0.4 is 4.74 Å². The van der Waals surface area contributed by atoms with E-state index in [9.17, 15) is 10.2 Å². The third kappa shape index (κ3) is 2.33. The quantitative estimate of drug-likeness (QED) is 0.623. The summed E-state index contributed by atoms with van der Waals surface area (Å²) in [6, 6.07) is 4.22. The Morgan fingerprint density at radius 3 is 2.53 bits per heavy atom. The van der Waals surface area contributed by atoms with Gasteiger partial charge in [0.25, 0.3) is 0 Å². The van der Waals surface area contributed by atoms with Crippen molar-refractivity contribution in [2.75, 3.05) is 13.7 Å². The molecule has 186 valence electrons. The molecule has 2 heterocycles. The second-order valence-electron chi connectivity index (χ2n) is 13.4. The average Bonchev–Trinajstić information content (AvgIpc) is 3.57. The van der Waals surface area contributed by atoms with Crippen LogP contribution in [-0.2, 0) is 16.6 Å². The Morgan fingerprint density at radius 1 is 1.12 bits per heavy atom. The van der Waals surface area contributed by atoms with Crippen LogP contribution in [-0.4, -0.2) is 52.2 Å². The van der Waals surface area contributed by atoms with Gasteiger partial charge in [-0.15, -0.1) is 0 Å². The lowest BCUT2D eigenvalue weighted by Crippen LogP contribution is -2.81. The number of rotatable bonds is 6. The molecule has 7 aliphatic rings. The molecule has 4 atom stereocenters. The molecule has 5 heteroatoms. The van der Waals surface area contributed by atoms with Crippen LogP contribution in [0.15, 0.2) is 12.1 Å². The first-order valence-electron chi connectivity index (χ1n) is 13.7. The zero-order valence-electron chi connectivity index (χ0n) is 21.3. The van der Waals surface area contributed by atoms with Gasteiger partial charge in [0.2, 0.25) is 0 Å². The van der Waals surface area contributed by atoms with E-state index < -0.39 is 5.72 Å². The molecular weight excluding hydrogens is 426 g/mol. The van der Waals surface area contributed by atoms with Crippen LogP contribution in [0.2, 0.25) is 0 Å². The van der Waals surface area contributed by atoms with E-state index in [1.807, 2.05) is 13.2 Å². The number of nitrogens with zero attached hydrogens (tertiary/aromatic N) is 1. The maximum atomic E-state index is 12.3. The Bertz CT molecular complexity index is 1030. The van der Waals surface area contributed by atoms with Gasteiger partial charge < -0.3 is 19.7 Å². The van der Waals surface area contributed by atoms with Crippen LogP contribution in [0.25, 0.3) is 0 Å². The zero-order valence-corrected chi connectivity index (χ0v) is 21.3. The van der Waals surface area contributed by atoms with Crippen molar-refractivity contribution in [2.45, 2.75) is 114 Å². The minimum absolute atomic E-state index is 0.0488. The van der Waals surface area contributed by atoms with E-state index in [0.29, 0.717) is 0 Å². The van der Waals surface area contributed by atoms with E-state index in [1.54, 1.807) is 0 Å². The van der Waals surface area contributed by atoms with E-state index in [0.717, 1.165) is 63.2 Å². The zero-order chi connectivity index (χ0) is 23.7. The number of aromatic hydroxyl groups is 1. The molecule has 0 amide bonds. The molecule has 2 aliphatic heterocycles. The van der Waals surface area contributed by atoms with Crippen molar-refractivity contribution in [3.63, 3.8) is 0 Å². The number of hydrogen-bond acceptors (Lipinski definition) is 5. The molecule has 0 unspecified atom stereocenters. The predicted molar refractivity (Wildman–Crippen MR) is 130 cm³/mol. The van der Waals surface area contributed by atoms with Gasteiger partial charge >= 0.3 is 0 Å². The van der Waals surface area contributed by atoms with Crippen LogP contribution in [0.3, 0.4) is 0 Å². The smallest absolute Gasteiger partial charge is 0.165 e. The highest BCUT2D eigenvalue weighted by atomic mass is 16.6. The van der Waals surface area contributed by atoms with Crippen LogP contribution in [0.1, 0.15) is 89.7 Å². The summed E-state index contributed by atoms with van der Waals surface area (Å²) < 4.78 is 13.0. The average molecular weight is 468 g/mol. The van der Waals surface area contributed by atoms with Crippen LogP contribution in [0.5, 0.6) is 11.5 Å². The Hall–Kier alpha value is -1.30. The Morgan fingerprint density at radius 2 is 1.85 bits per heavy atom. The number of ether oxygens (including phenoxy) is 2. The topological polar surface area (TPSA) is 62.2 Å². The van der Waals surface area contributed by atoms with E-state index in [-0.39, 0.29) is 39.7 Å². The Labute approximate surface area is 203 Å². The molecule has 0 radical (unpaired) electrons. The summed E-state index contributed by atoms with van der Waals surface area (Å²) >= 11 is 0. The maximum absolute atomic E-state index is 12.3. The van der Waals surface area contributed by atoms with Gasteiger partial charge in [0.05, 0.1) is 0 Å². The lowest BCUT2D eigenvalue weighted by molar-refractivity contribution is -0.288. The molecular formula is C29H41NO4. The molecule has 1 saturated heterocycles. The maximum Gasteiger partial charge on any atom is 0.165 e. The number of hydrogen-bond donors (Lipinski definition) is 2. The molecule has 5 fully saturated rings. The standard InChI is InChI=1S/C29H41NO4/c1-25(2,10-9-18-5-6-18)26(3,32)30-16-15-29-22-19-7-8-20(31)23(22)34-24(29)28(33-4)13-11-27(29,12-14-28)21(30)17-19/h7-8,18,21,24,31-32H,5-6,9-17H2,1-4H3/t21-,24+,26+,27?,28?,29+/m1/s1. The molecule has 2 N–H and O–H groups in total. The molecule has 1 aromatic carbocycles. The number of benzene rings is 1. The molecule has 1 aromatic rings. The molecule has 8 rings (SSSR count). The largest absolute Gasteiger partial charge is 0.504 e. The van der Waals surface area contributed by atoms with Crippen LogP contribution in [0.4, 0.5) is 0 Å². The molecule has 5 nitrogen and oxygen atoms in total. The van der Waals surface area contributed by atoms with Gasteiger partial charge in [0, 0.05) is 41.5 Å². The van der Waals surface area contributed by atoms with E-state index >= 15 is 0 Å². The summed E-state index contributed by atoms with van der Waals surface area (Å²) in [6.07, 6.45) is 11.1. The summed E-state index contributed by atoms with van der Waals surface area (Å²) in [6.45, 7) is 7.52. The van der Waals surface area contributed by atoms with Gasteiger partial charge in [-0.1, -0.05) is 32.8 Å². The van der Waals surface area contributed by atoms with Crippen LogP contribution in [0, 0.1) is 16.7 Å². The van der Waals surface area contributed by atoms with Crippen LogP contribution >= 0.6 is 0 Å². The fourth-order valence-electron chi connectivity index (χ4n) is 9.46. The van der Waals surface area contributed by atoms with Crippen molar-refractivity contribution in [2.24, 2.45) is 16.7 Å². The first-order chi connectivity index (χ1) is 16.1. The fraction of sp³-hybridized carbons (Fsp3) is 0.793. The predicted octanol–water partition coefficient (Wildman–Crippen LogP) is 4.91. The van der Waals surface area contributed by atoms with E-state index in [1.165, 1.54) is 30.4 Å². The van der Waals surface area contributed by atoms with Gasteiger partial charge in [0.15, 0.2) is 11.5 Å². The number of phenols is 1. The third-order valence-electron chi connectivity index (χ3n) is 12.0. The molecule has 2 spiro atoms. The van der Waals surface area contributed by atoms with E-state index in [4.69, 9.17) is 9.47 Å². The SMILES string of the molecule is COC12CCC3(CC1)[C@H]1Cc4ccc(O)c5c4[C@@]3(CCN1[C@@](C)(O)C(C)(C)CCC1CC1)[C@H]2O5. The second-order valence-corrected chi connectivity index (χ2v) is 13.4. The lowest BCUT2D eigenvalue weighted by Gasteiger charge is -2.73. The summed E-state index contributed by atoms with van der Waals surface area (Å²) in [4.78, 5) is 2.52. The Balaban J connectivity index is 1.36. The van der Waals surface area contributed by atoms with E-state index in [2.05, 4.69) is 31.7 Å². The number of likely N-dealkylation sites (tertiary alicyclic amines) is 1. The van der Waals surface area contributed by atoms with Gasteiger partial charge in [0.1, 0.15) is 17.4 Å². The molecule has 5 aliphatic carbocycles. The van der Waals surface area contributed by atoms with Crippen molar-refractivity contribution in [3.8, 4) is 11.5 Å². The van der Waals surface area contributed by atoms with Gasteiger partial charge in [-0.05, 0) is 75.8 Å². The highest BCUT2D eigenvalue weighted by Gasteiger charge is 2.79. The number of methoxy groups -OCH3 is 1. The van der Waals surface area contributed by atoms with Gasteiger partial charge in [-0.25, -0.2) is 0 Å². The van der Waals surface area contributed by atoms with Crippen molar-refractivity contribution >= 4 is 0 Å². The van der Waals surface area contributed by atoms with Crippen molar-refractivity contribution in [1.29, 1.82) is 0 Å². The first kappa shape index (κ1) is 21.9. The highest BCUT2D eigenvalue weighted by molar-refractivity contribution is 5.63. The highest BCUT2D eigenvalue weighted by Crippen LogP contribution is 2.76. The molecule has 4 saturated carbocycles. The minimum Gasteiger partial charge on any atom is -0.504 e. The monoisotopic (exact) mass is 467 g/mol. The number of piperidine rings is 1. The number of aliphatic hydroxyl groups is 1. The van der Waals surface area contributed by atoms with Crippen molar-refractivity contribution in [1.82, 2.24) is 4.90 Å². The third-order valence-corrected chi connectivity index (χ3v) is 12.0. The number of phenolic OH excluding ortho intramolecular Hbond substituents is 1. The summed E-state index contributed by atoms with van der Waals surface area (Å²) in [5.41, 5.74) is 1.18. The van der Waals surface area contributed by atoms with Crippen molar-refractivity contribution < 1.29 is 19.7 Å². The van der Waals surface area contributed by atoms with Gasteiger partial charge in [-0.3, -0.25) is 4.90 Å². The summed E-state index contributed by atoms with van der Waals surface area (Å²) in [5, 5.41) is 23.2. The Kier molecular flexibility index (Phi) is 4.21. The minimum atomic E-state index is -0.873. The molecule has 0 aromatic heterocycles. The summed E-state index contributed by atoms with van der Waals surface area (Å²) in [5.74, 6) is 1.87. The first-order valence-corrected chi connectivity index (χ1v) is 13.7. The summed E-state index contributed by atoms with van der Waals surface area (Å²) in [7, 11) is 1.85. The fourth-order valence-corrected chi connectivity index (χ4v) is 9.46. The lowest BCUT2D eigenvalue weighted by atomic mass is 9.36. The normalized spacial score (nSPS) is 41.7. The van der Waals surface area contributed by atoms with Gasteiger partial charge in [-0.2, -0.15) is 0 Å². The molecule has 34 heavy (non-hydrogen) atoms. The second kappa shape index (κ2) is 6.52.